The Kier molecular flexibility index (Phi) is 15.1. The van der Waals surface area contributed by atoms with E-state index in [0.29, 0.717) is 38.0 Å². The number of allylic oxidation sites excluding steroid dienone is 2. The van der Waals surface area contributed by atoms with Crippen molar-refractivity contribution in [3.8, 4) is 0 Å². The van der Waals surface area contributed by atoms with E-state index in [1.807, 2.05) is 0 Å². The number of unbranched alkanes of at least 4 members (excludes halogenated alkanes) is 1. The molecular formula is C21H35NO9. The molecule has 0 amide bonds. The Hall–Kier alpha value is -2.33. The third-order valence-electron chi connectivity index (χ3n) is 4.69. The Labute approximate surface area is 183 Å². The largest absolute Gasteiger partial charge is 0.469 e. The fourth-order valence-electron chi connectivity index (χ4n) is 3.19. The van der Waals surface area contributed by atoms with Gasteiger partial charge in [0, 0.05) is 36.9 Å². The van der Waals surface area contributed by atoms with Gasteiger partial charge in [-0.2, -0.15) is 0 Å². The maximum atomic E-state index is 13.2. The lowest BCUT2D eigenvalue weighted by atomic mass is 9.82. The summed E-state index contributed by atoms with van der Waals surface area (Å²) in [7, 11) is 2.44. The van der Waals surface area contributed by atoms with Crippen LogP contribution < -0.4 is 0 Å². The van der Waals surface area contributed by atoms with Gasteiger partial charge in [-0.05, 0) is 38.7 Å². The van der Waals surface area contributed by atoms with E-state index < -0.39 is 41.3 Å². The molecule has 0 spiro atoms. The molecule has 178 valence electrons. The first-order chi connectivity index (χ1) is 14.7. The molecule has 0 aliphatic rings. The molecule has 1 unspecified atom stereocenters. The normalized spacial score (nSPS) is 13.5. The highest BCUT2D eigenvalue weighted by molar-refractivity contribution is 6.08. The van der Waals surface area contributed by atoms with Crippen molar-refractivity contribution in [1.29, 1.82) is 0 Å². The lowest BCUT2D eigenvalue weighted by Crippen LogP contribution is -2.39. The topological polar surface area (TPSA) is 131 Å². The minimum absolute atomic E-state index is 0.00645. The summed E-state index contributed by atoms with van der Waals surface area (Å²) in [5, 5.41) is 11.3. The van der Waals surface area contributed by atoms with Crippen LogP contribution in [-0.4, -0.2) is 62.9 Å². The van der Waals surface area contributed by atoms with Crippen molar-refractivity contribution in [3.63, 3.8) is 0 Å². The predicted octanol–water partition coefficient (Wildman–Crippen LogP) is 2.71. The highest BCUT2D eigenvalue weighted by atomic mass is 16.7. The Balaban J connectivity index is 5.73. The van der Waals surface area contributed by atoms with Gasteiger partial charge in [0.15, 0.2) is 12.1 Å². The first-order valence-corrected chi connectivity index (χ1v) is 10.5. The van der Waals surface area contributed by atoms with Crippen LogP contribution in [0, 0.1) is 22.0 Å². The number of esters is 2. The number of nitrogens with zero attached hydrogens (tertiary/aromatic N) is 1. The van der Waals surface area contributed by atoms with Crippen LogP contribution in [0.15, 0.2) is 11.6 Å². The molecule has 0 rings (SSSR count). The summed E-state index contributed by atoms with van der Waals surface area (Å²) in [6.07, 6.45) is 2.30. The van der Waals surface area contributed by atoms with Crippen molar-refractivity contribution in [2.45, 2.75) is 59.2 Å². The van der Waals surface area contributed by atoms with Crippen LogP contribution in [0.4, 0.5) is 0 Å². The summed E-state index contributed by atoms with van der Waals surface area (Å²) in [6.45, 7) is 5.28. The molecule has 0 aromatic rings. The second-order valence-electron chi connectivity index (χ2n) is 6.77. The molecule has 0 saturated carbocycles. The van der Waals surface area contributed by atoms with Crippen LogP contribution >= 0.6 is 0 Å². The zero-order valence-electron chi connectivity index (χ0n) is 19.1. The van der Waals surface area contributed by atoms with Gasteiger partial charge in [-0.3, -0.25) is 24.5 Å². The van der Waals surface area contributed by atoms with Crippen molar-refractivity contribution in [2.24, 2.45) is 11.8 Å². The van der Waals surface area contributed by atoms with Gasteiger partial charge in [-0.1, -0.05) is 13.0 Å². The minimum Gasteiger partial charge on any atom is -0.469 e. The molecule has 0 bridgehead atoms. The third kappa shape index (κ3) is 11.0. The van der Waals surface area contributed by atoms with Crippen LogP contribution in [0.2, 0.25) is 0 Å². The summed E-state index contributed by atoms with van der Waals surface area (Å²) in [5.41, 5.74) is 0.359. The Morgan fingerprint density at radius 1 is 1.03 bits per heavy atom. The molecule has 0 heterocycles. The lowest BCUT2D eigenvalue weighted by Gasteiger charge is -2.26. The first kappa shape index (κ1) is 28.7. The summed E-state index contributed by atoms with van der Waals surface area (Å²) in [4.78, 5) is 47.7. The van der Waals surface area contributed by atoms with Crippen molar-refractivity contribution in [1.82, 2.24) is 0 Å². The van der Waals surface area contributed by atoms with E-state index in [1.54, 1.807) is 26.8 Å². The Morgan fingerprint density at radius 3 is 2.10 bits per heavy atom. The van der Waals surface area contributed by atoms with Crippen molar-refractivity contribution < 1.29 is 38.3 Å². The maximum Gasteiger partial charge on any atom is 0.317 e. The van der Waals surface area contributed by atoms with Crippen LogP contribution in [0.3, 0.4) is 0 Å². The van der Waals surface area contributed by atoms with Gasteiger partial charge in [-0.15, -0.1) is 0 Å². The molecule has 0 aliphatic carbocycles. The average Bonchev–Trinajstić information content (AvgIpc) is 2.73. The van der Waals surface area contributed by atoms with Crippen molar-refractivity contribution in [3.05, 3.63) is 21.8 Å². The van der Waals surface area contributed by atoms with Gasteiger partial charge in [-0.25, -0.2) is 0 Å². The molecule has 0 aromatic heterocycles. The van der Waals surface area contributed by atoms with Crippen LogP contribution in [0.5, 0.6) is 0 Å². The Morgan fingerprint density at radius 2 is 1.65 bits per heavy atom. The number of carbonyl (C=O) groups is 3. The smallest absolute Gasteiger partial charge is 0.317 e. The highest BCUT2D eigenvalue weighted by Crippen LogP contribution is 2.27. The standard InChI is InChI=1S/C21H35NO9/c1-6-15(11-9-10-12-17(23)28-4)20(24)19(21(25)29-5)16(14-22(26)27)13-18(30-7-2)31-8-3/h11,16,18-19H,6-10,12-14H2,1-5H3/b15-11+/t16-,19?/m0/s1. The third-order valence-corrected chi connectivity index (χ3v) is 4.69. The van der Waals surface area contributed by atoms with Crippen LogP contribution in [0.25, 0.3) is 0 Å². The van der Waals surface area contributed by atoms with Gasteiger partial charge < -0.3 is 18.9 Å². The van der Waals surface area contributed by atoms with E-state index in [-0.39, 0.29) is 18.8 Å². The number of hydrogen-bond donors (Lipinski definition) is 0. The number of ether oxygens (including phenoxy) is 4. The van der Waals surface area contributed by atoms with E-state index >= 15 is 0 Å². The van der Waals surface area contributed by atoms with E-state index in [2.05, 4.69) is 4.74 Å². The molecular weight excluding hydrogens is 410 g/mol. The molecule has 10 nitrogen and oxygen atoms in total. The molecule has 0 saturated heterocycles. The summed E-state index contributed by atoms with van der Waals surface area (Å²) in [6, 6.07) is 0. The second-order valence-corrected chi connectivity index (χ2v) is 6.77. The number of methoxy groups -OCH3 is 2. The lowest BCUT2D eigenvalue weighted by molar-refractivity contribution is -0.490. The molecule has 0 radical (unpaired) electrons. The predicted molar refractivity (Wildman–Crippen MR) is 112 cm³/mol. The van der Waals surface area contributed by atoms with Crippen molar-refractivity contribution >= 4 is 17.7 Å². The zero-order valence-corrected chi connectivity index (χ0v) is 19.1. The summed E-state index contributed by atoms with van der Waals surface area (Å²) in [5.74, 6) is -4.04. The van der Waals surface area contributed by atoms with Crippen molar-refractivity contribution in [2.75, 3.05) is 34.0 Å². The van der Waals surface area contributed by atoms with Crippen LogP contribution in [-0.2, 0) is 33.3 Å². The number of hydrogen-bond acceptors (Lipinski definition) is 9. The second kappa shape index (κ2) is 16.4. The molecule has 0 aliphatic heterocycles. The number of ketones is 1. The number of rotatable bonds is 17. The monoisotopic (exact) mass is 445 g/mol. The van der Waals surface area contributed by atoms with E-state index in [0.717, 1.165) is 7.11 Å². The minimum atomic E-state index is -1.36. The SMILES string of the molecule is CCOC(C[C@@H](C[N+](=O)[O-])C(C(=O)OC)C(=O)/C(=C/CCCC(=O)OC)CC)OCC. The van der Waals surface area contributed by atoms with Gasteiger partial charge in [0.05, 0.1) is 14.2 Å². The maximum absolute atomic E-state index is 13.2. The van der Waals surface area contributed by atoms with E-state index in [4.69, 9.17) is 14.2 Å². The van der Waals surface area contributed by atoms with E-state index in [1.165, 1.54) is 7.11 Å². The molecule has 0 aromatic carbocycles. The van der Waals surface area contributed by atoms with Gasteiger partial charge >= 0.3 is 11.9 Å². The Bertz CT molecular complexity index is 612. The quantitative estimate of drug-likeness (QED) is 0.0630. The van der Waals surface area contributed by atoms with Gasteiger partial charge in [0.1, 0.15) is 5.92 Å². The molecule has 2 atom stereocenters. The number of nitro groups is 1. The molecule has 0 fully saturated rings. The first-order valence-electron chi connectivity index (χ1n) is 10.5. The molecule has 31 heavy (non-hydrogen) atoms. The fraction of sp³-hybridized carbons (Fsp3) is 0.762. The van der Waals surface area contributed by atoms with Crippen LogP contribution in [0.1, 0.15) is 52.9 Å². The summed E-state index contributed by atoms with van der Waals surface area (Å²) >= 11 is 0. The average molecular weight is 446 g/mol. The fourth-order valence-corrected chi connectivity index (χ4v) is 3.19. The zero-order chi connectivity index (χ0) is 23.8. The number of Topliss-reactive ketones (excluding diaryl/α,β-unsaturated/α-hetero) is 1. The van der Waals surface area contributed by atoms with Gasteiger partial charge in [0.25, 0.3) is 0 Å². The summed E-state index contributed by atoms with van der Waals surface area (Å²) < 4.78 is 20.3. The van der Waals surface area contributed by atoms with E-state index in [9.17, 15) is 24.5 Å². The highest BCUT2D eigenvalue weighted by Gasteiger charge is 2.41. The van der Waals surface area contributed by atoms with Gasteiger partial charge in [0.2, 0.25) is 6.54 Å². The number of carbonyl (C=O) groups excluding carboxylic acids is 3. The molecule has 10 heteroatoms. The molecule has 0 N–H and O–H groups in total.